The molecule has 5 heterocycles. The number of imide groups is 1. The molecule has 1 spiro atoms. The molecule has 1 aromatic heterocycles. The van der Waals surface area contributed by atoms with Gasteiger partial charge in [0.2, 0.25) is 17.8 Å². The first-order valence-electron chi connectivity index (χ1n) is 25.4. The number of anilines is 2. The molecule has 5 aromatic rings. The zero-order valence-corrected chi connectivity index (χ0v) is 41.6. The maximum atomic E-state index is 16.9. The second kappa shape index (κ2) is 21.3. The predicted octanol–water partition coefficient (Wildman–Crippen LogP) is 6.62. The number of nitrogens with one attached hydrogen (secondary N) is 1. The second-order valence-corrected chi connectivity index (χ2v) is 19.6. The molecule has 380 valence electrons. The van der Waals surface area contributed by atoms with Crippen LogP contribution in [0.2, 0.25) is 0 Å². The number of aliphatic hydroxyl groups excluding tert-OH is 1. The summed E-state index contributed by atoms with van der Waals surface area (Å²) in [5, 5.41) is 12.7. The summed E-state index contributed by atoms with van der Waals surface area (Å²) < 4.78 is 17.9. The van der Waals surface area contributed by atoms with E-state index < -0.39 is 77.3 Å². The summed E-state index contributed by atoms with van der Waals surface area (Å²) in [6.45, 7) is 4.28. The Labute approximate surface area is 430 Å². The molecule has 4 aliphatic heterocycles. The van der Waals surface area contributed by atoms with E-state index in [9.17, 15) is 9.90 Å². The van der Waals surface area contributed by atoms with Gasteiger partial charge < -0.3 is 34.4 Å². The lowest BCUT2D eigenvalue weighted by Gasteiger charge is -2.46. The quantitative estimate of drug-likeness (QED) is 0.106. The van der Waals surface area contributed by atoms with Gasteiger partial charge in [0.1, 0.15) is 36.0 Å². The van der Waals surface area contributed by atoms with Crippen molar-refractivity contribution in [1.29, 1.82) is 0 Å². The van der Waals surface area contributed by atoms with Crippen LogP contribution in [0.3, 0.4) is 0 Å². The van der Waals surface area contributed by atoms with Crippen molar-refractivity contribution in [3.8, 4) is 17.6 Å². The number of carbonyl (C=O) groups is 5. The number of amides is 4. The van der Waals surface area contributed by atoms with Crippen LogP contribution < -0.4 is 19.9 Å². The molecule has 4 amide bonds. The Morgan fingerprint density at radius 3 is 2.23 bits per heavy atom. The first kappa shape index (κ1) is 49.7. The van der Waals surface area contributed by atoms with Crippen LogP contribution in [0.4, 0.5) is 16.4 Å². The Morgan fingerprint density at radius 2 is 1.55 bits per heavy atom. The zero-order chi connectivity index (χ0) is 51.5. The molecule has 4 aromatic carbocycles. The summed E-state index contributed by atoms with van der Waals surface area (Å²) in [5.41, 5.74) is 1.82. The number of esters is 2. The van der Waals surface area contributed by atoms with Crippen molar-refractivity contribution in [3.05, 3.63) is 161 Å². The third-order valence-corrected chi connectivity index (χ3v) is 14.9. The van der Waals surface area contributed by atoms with Crippen molar-refractivity contribution in [2.24, 2.45) is 11.8 Å². The molecule has 1 aliphatic carbocycles. The van der Waals surface area contributed by atoms with E-state index in [1.807, 2.05) is 76.5 Å². The van der Waals surface area contributed by atoms with Gasteiger partial charge in [0.05, 0.1) is 37.4 Å². The fourth-order valence-corrected chi connectivity index (χ4v) is 11.6. The molecule has 10 rings (SSSR count). The van der Waals surface area contributed by atoms with Gasteiger partial charge in [-0.1, -0.05) is 105 Å². The molecule has 3 fully saturated rings. The van der Waals surface area contributed by atoms with E-state index in [1.165, 1.54) is 7.11 Å². The molecule has 3 saturated heterocycles. The number of hydrogen-bond acceptors (Lipinski definition) is 13. The minimum absolute atomic E-state index is 0.0346. The summed E-state index contributed by atoms with van der Waals surface area (Å²) in [6.07, 6.45) is 8.34. The van der Waals surface area contributed by atoms with Crippen LogP contribution in [0.25, 0.3) is 0 Å². The Bertz CT molecular complexity index is 3010. The van der Waals surface area contributed by atoms with Gasteiger partial charge in [-0.05, 0) is 95.8 Å². The molecule has 0 bridgehead atoms. The molecule has 74 heavy (non-hydrogen) atoms. The number of morpholine rings is 1. The lowest BCUT2D eigenvalue weighted by Crippen LogP contribution is -2.60. The van der Waals surface area contributed by atoms with Crippen molar-refractivity contribution in [2.45, 2.75) is 75.2 Å². The predicted molar refractivity (Wildman–Crippen MR) is 274 cm³/mol. The van der Waals surface area contributed by atoms with E-state index in [4.69, 9.17) is 14.2 Å². The highest BCUT2D eigenvalue weighted by molar-refractivity contribution is 6.25. The summed E-state index contributed by atoms with van der Waals surface area (Å²) in [5.74, 6) is 2.90. The number of carbonyl (C=O) groups excluding carboxylic acids is 5. The van der Waals surface area contributed by atoms with Gasteiger partial charge in [-0.3, -0.25) is 19.3 Å². The van der Waals surface area contributed by atoms with Crippen molar-refractivity contribution in [3.63, 3.8) is 0 Å². The number of ether oxygens (including phenoxy) is 3. The zero-order valence-electron chi connectivity index (χ0n) is 41.6. The third-order valence-electron chi connectivity index (χ3n) is 14.9. The number of aliphatic hydroxyl groups is 1. The SMILES string of the molecule is COC(=O)C(NC(=O)N1C(=O)C2(c3cc(C#CC4=CCCCC4)ccc31)C(C(=O)N1CCN(c3ncccn3)CC1)C1C(=O)OC(c3ccccc3)C(c3ccccc3)N1C2c1cccc(OCCO)c1)C(C)C. The summed E-state index contributed by atoms with van der Waals surface area (Å²) >= 11 is 0. The second-order valence-electron chi connectivity index (χ2n) is 19.6. The average molecular weight is 998 g/mol. The number of allylic oxidation sites excluding steroid dienone is 2. The number of methoxy groups -OCH3 is 1. The molecule has 16 nitrogen and oxygen atoms in total. The first-order chi connectivity index (χ1) is 36.0. The van der Waals surface area contributed by atoms with Crippen LogP contribution in [-0.4, -0.2) is 113 Å². The summed E-state index contributed by atoms with van der Waals surface area (Å²) in [7, 11) is 1.23. The van der Waals surface area contributed by atoms with E-state index >= 15 is 19.2 Å². The molecule has 0 saturated carbocycles. The van der Waals surface area contributed by atoms with Crippen molar-refractivity contribution in [2.75, 3.05) is 56.3 Å². The molecule has 7 unspecified atom stereocenters. The fraction of sp³-hybridized carbons (Fsp3) is 0.362. The minimum Gasteiger partial charge on any atom is -0.491 e. The van der Waals surface area contributed by atoms with Crippen LogP contribution >= 0.6 is 0 Å². The van der Waals surface area contributed by atoms with E-state index in [2.05, 4.69) is 33.2 Å². The fourth-order valence-electron chi connectivity index (χ4n) is 11.6. The van der Waals surface area contributed by atoms with E-state index in [-0.39, 0.29) is 32.0 Å². The highest BCUT2D eigenvalue weighted by atomic mass is 16.6. The van der Waals surface area contributed by atoms with Gasteiger partial charge in [0.25, 0.3) is 0 Å². The Balaban J connectivity index is 1.25. The van der Waals surface area contributed by atoms with Crippen LogP contribution in [0.1, 0.15) is 85.5 Å². The van der Waals surface area contributed by atoms with Crippen LogP contribution in [0, 0.1) is 23.7 Å². The monoisotopic (exact) mass is 997 g/mol. The van der Waals surface area contributed by atoms with E-state index in [0.29, 0.717) is 47.0 Å². The molecule has 0 radical (unpaired) electrons. The Kier molecular flexibility index (Phi) is 14.3. The van der Waals surface area contributed by atoms with Crippen molar-refractivity contribution < 1.29 is 43.3 Å². The normalized spacial score (nSPS) is 23.8. The number of aromatic nitrogens is 2. The first-order valence-corrected chi connectivity index (χ1v) is 25.4. The lowest BCUT2D eigenvalue weighted by molar-refractivity contribution is -0.179. The van der Waals surface area contributed by atoms with Crippen molar-refractivity contribution in [1.82, 2.24) is 25.1 Å². The maximum absolute atomic E-state index is 16.9. The number of rotatable bonds is 11. The Morgan fingerprint density at radius 1 is 0.838 bits per heavy atom. The molecule has 16 heteroatoms. The van der Waals surface area contributed by atoms with Gasteiger partial charge in [0.15, 0.2) is 0 Å². The molecule has 5 aliphatic rings. The minimum atomic E-state index is -2.08. The number of piperazine rings is 1. The number of fused-ring (bicyclic) bond motifs is 3. The number of urea groups is 1. The van der Waals surface area contributed by atoms with E-state index in [0.717, 1.165) is 41.7 Å². The molecular formula is C58H59N7O9. The van der Waals surface area contributed by atoms with Gasteiger partial charge in [-0.15, -0.1) is 0 Å². The number of hydrogen-bond donors (Lipinski definition) is 2. The number of nitrogens with zero attached hydrogens (tertiary/aromatic N) is 6. The van der Waals surface area contributed by atoms with Crippen LogP contribution in [0.15, 0.2) is 133 Å². The molecule has 2 N–H and O–H groups in total. The smallest absolute Gasteiger partial charge is 0.329 e. The molecule has 7 atom stereocenters. The largest absolute Gasteiger partial charge is 0.491 e. The number of benzene rings is 4. The highest BCUT2D eigenvalue weighted by Crippen LogP contribution is 2.66. The van der Waals surface area contributed by atoms with Gasteiger partial charge in [-0.25, -0.2) is 24.5 Å². The highest BCUT2D eigenvalue weighted by Gasteiger charge is 2.76. The summed E-state index contributed by atoms with van der Waals surface area (Å²) in [4.78, 5) is 93.2. The Hall–Kier alpha value is -7.87. The summed E-state index contributed by atoms with van der Waals surface area (Å²) in [6, 6.07) is 27.5. The standard InChI is InChI=1S/C58H59N7O9/c1-37(2)47(53(68)72-3)61-57(71)64-45-26-25-39(24-23-38-15-7-4-8-16-38)35-44(45)58(55(64)70)46(52(67)62-29-31-63(32-30-62)56-59-27-14-28-60-56)49-54(69)74-50(41-19-11-6-12-20-41)48(40-17-9-5-10-18-40)65(49)51(58)42-21-13-22-43(36-42)73-34-33-66/h5-6,9-15,17-22,25-28,35-37,46-51,66H,4,7-8,16,29-34H2,1-3H3,(H,61,71). The van der Waals surface area contributed by atoms with Gasteiger partial charge >= 0.3 is 18.0 Å². The van der Waals surface area contributed by atoms with Crippen LogP contribution in [0.5, 0.6) is 5.75 Å². The third kappa shape index (κ3) is 9.04. The average Bonchev–Trinajstić information content (AvgIpc) is 3.99. The van der Waals surface area contributed by atoms with Crippen molar-refractivity contribution >= 4 is 41.4 Å². The van der Waals surface area contributed by atoms with Crippen LogP contribution in [-0.2, 0) is 34.1 Å². The topological polar surface area (TPSA) is 184 Å². The maximum Gasteiger partial charge on any atom is 0.329 e. The lowest BCUT2D eigenvalue weighted by atomic mass is 9.64. The van der Waals surface area contributed by atoms with E-state index in [1.54, 1.807) is 73.6 Å². The molecular weight excluding hydrogens is 939 g/mol. The van der Waals surface area contributed by atoms with Gasteiger partial charge in [0, 0.05) is 44.1 Å². The number of cyclic esters (lactones) is 1. The van der Waals surface area contributed by atoms with Gasteiger partial charge in [-0.2, -0.15) is 0 Å².